The molecule has 0 radical (unpaired) electrons. The van der Waals surface area contributed by atoms with Crippen LogP contribution in [-0.2, 0) is 11.0 Å². The van der Waals surface area contributed by atoms with E-state index < -0.39 is 41.2 Å². The monoisotopic (exact) mass is 450 g/mol. The molecule has 2 unspecified atom stereocenters. The Kier molecular flexibility index (Phi) is 6.45. The number of hydrogen-bond acceptors (Lipinski definition) is 4. The third-order valence-electron chi connectivity index (χ3n) is 5.06. The number of thioether (sulfide) groups is 1. The van der Waals surface area contributed by atoms with Crippen molar-refractivity contribution in [1.82, 2.24) is 4.90 Å². The minimum absolute atomic E-state index is 0.135. The second kappa shape index (κ2) is 8.74. The zero-order chi connectivity index (χ0) is 22.9. The lowest BCUT2D eigenvalue weighted by atomic mass is 10.1. The molecule has 1 heterocycles. The number of hydrogen-bond donors (Lipinski definition) is 1. The molecule has 0 spiro atoms. The van der Waals surface area contributed by atoms with Crippen LogP contribution in [0, 0.1) is 0 Å². The maximum absolute atomic E-state index is 13.6. The highest BCUT2D eigenvalue weighted by Gasteiger charge is 2.41. The quantitative estimate of drug-likeness (QED) is 0.484. The molecular formula is C22H21F3N2O3S. The van der Waals surface area contributed by atoms with E-state index in [4.69, 9.17) is 0 Å². The van der Waals surface area contributed by atoms with Gasteiger partial charge < -0.3 is 5.32 Å². The number of anilines is 1. The van der Waals surface area contributed by atoms with Crippen molar-refractivity contribution in [2.45, 2.75) is 49.6 Å². The van der Waals surface area contributed by atoms with E-state index in [0.717, 1.165) is 17.4 Å². The lowest BCUT2D eigenvalue weighted by Crippen LogP contribution is -2.45. The zero-order valence-electron chi connectivity index (χ0n) is 17.1. The first-order valence-electron chi connectivity index (χ1n) is 9.70. The predicted octanol–water partition coefficient (Wildman–Crippen LogP) is 5.22. The summed E-state index contributed by atoms with van der Waals surface area (Å²) in [6.07, 6.45) is -3.89. The lowest BCUT2D eigenvalue weighted by Gasteiger charge is -2.23. The third kappa shape index (κ3) is 4.61. The van der Waals surface area contributed by atoms with Crippen molar-refractivity contribution in [3.05, 3.63) is 59.2 Å². The first-order valence-corrected chi connectivity index (χ1v) is 10.6. The van der Waals surface area contributed by atoms with Crippen LogP contribution in [0.4, 0.5) is 18.9 Å². The van der Waals surface area contributed by atoms with Gasteiger partial charge >= 0.3 is 6.18 Å². The number of halogens is 3. The molecule has 5 nitrogen and oxygen atoms in total. The van der Waals surface area contributed by atoms with Gasteiger partial charge in [0.2, 0.25) is 5.91 Å². The minimum Gasteiger partial charge on any atom is -0.324 e. The molecule has 0 bridgehead atoms. The van der Waals surface area contributed by atoms with Crippen LogP contribution in [-0.4, -0.2) is 33.9 Å². The number of nitrogens with zero attached hydrogens (tertiary/aromatic N) is 1. The average Bonchev–Trinajstić information content (AvgIpc) is 2.98. The van der Waals surface area contributed by atoms with Crippen molar-refractivity contribution >= 4 is 35.2 Å². The Bertz CT molecular complexity index is 1000. The first-order chi connectivity index (χ1) is 14.5. The van der Waals surface area contributed by atoms with Crippen LogP contribution in [0.25, 0.3) is 0 Å². The third-order valence-corrected chi connectivity index (χ3v) is 6.32. The molecule has 2 aromatic carbocycles. The fourth-order valence-corrected chi connectivity index (χ4v) is 4.13. The number of alkyl halides is 3. The van der Waals surface area contributed by atoms with Crippen LogP contribution in [0.2, 0.25) is 0 Å². The average molecular weight is 450 g/mol. The van der Waals surface area contributed by atoms with Crippen LogP contribution < -0.4 is 5.32 Å². The number of carbonyl (C=O) groups excluding carboxylic acids is 3. The van der Waals surface area contributed by atoms with Gasteiger partial charge in [-0.3, -0.25) is 19.3 Å². The molecule has 0 aromatic heterocycles. The van der Waals surface area contributed by atoms with E-state index in [2.05, 4.69) is 5.32 Å². The normalized spacial score (nSPS) is 15.6. The molecule has 31 heavy (non-hydrogen) atoms. The van der Waals surface area contributed by atoms with E-state index in [-0.39, 0.29) is 16.4 Å². The summed E-state index contributed by atoms with van der Waals surface area (Å²) in [5, 5.41) is 2.38. The summed E-state index contributed by atoms with van der Waals surface area (Å²) >= 11 is 1.31. The van der Waals surface area contributed by atoms with Gasteiger partial charge in [0.25, 0.3) is 11.8 Å². The van der Waals surface area contributed by atoms with Crippen molar-refractivity contribution in [1.29, 1.82) is 0 Å². The predicted molar refractivity (Wildman–Crippen MR) is 112 cm³/mol. The van der Waals surface area contributed by atoms with Crippen molar-refractivity contribution in [3.8, 4) is 0 Å². The number of carbonyl (C=O) groups is 3. The van der Waals surface area contributed by atoms with E-state index in [0.29, 0.717) is 4.90 Å². The van der Waals surface area contributed by atoms with Crippen molar-refractivity contribution in [2.75, 3.05) is 5.32 Å². The summed E-state index contributed by atoms with van der Waals surface area (Å²) in [4.78, 5) is 39.0. The van der Waals surface area contributed by atoms with Crippen LogP contribution in [0.3, 0.4) is 0 Å². The van der Waals surface area contributed by atoms with E-state index in [9.17, 15) is 27.6 Å². The van der Waals surface area contributed by atoms with Gasteiger partial charge in [0.15, 0.2) is 0 Å². The van der Waals surface area contributed by atoms with Gasteiger partial charge in [0.05, 0.1) is 22.4 Å². The van der Waals surface area contributed by atoms with Gasteiger partial charge in [-0.1, -0.05) is 26.0 Å². The van der Waals surface area contributed by atoms with E-state index >= 15 is 0 Å². The number of fused-ring (bicyclic) bond motifs is 1. The van der Waals surface area contributed by atoms with Gasteiger partial charge in [-0.15, -0.1) is 11.8 Å². The molecule has 9 heteroatoms. The van der Waals surface area contributed by atoms with Crippen molar-refractivity contribution in [3.63, 3.8) is 0 Å². The molecule has 0 fully saturated rings. The highest BCUT2D eigenvalue weighted by atomic mass is 32.2. The Morgan fingerprint density at radius 3 is 2.16 bits per heavy atom. The van der Waals surface area contributed by atoms with Crippen LogP contribution >= 0.6 is 11.8 Å². The Balaban J connectivity index is 1.84. The number of benzene rings is 2. The fraction of sp³-hybridized carbons (Fsp3) is 0.318. The number of rotatable bonds is 6. The Hall–Kier alpha value is -2.81. The van der Waals surface area contributed by atoms with Crippen molar-refractivity contribution < 1.29 is 27.6 Å². The van der Waals surface area contributed by atoms with E-state index in [1.165, 1.54) is 43.0 Å². The SMILES string of the molecule is CCC(C)Sc1ccc(NC(=O)C(C)N2C(=O)c3ccccc3C2=O)c(C(F)(F)F)c1. The lowest BCUT2D eigenvalue weighted by molar-refractivity contribution is -0.137. The maximum Gasteiger partial charge on any atom is 0.418 e. The molecule has 3 rings (SSSR count). The molecule has 0 saturated heterocycles. The van der Waals surface area contributed by atoms with Crippen LogP contribution in [0.5, 0.6) is 0 Å². The van der Waals surface area contributed by atoms with E-state index in [1.54, 1.807) is 12.1 Å². The van der Waals surface area contributed by atoms with Gasteiger partial charge in [0, 0.05) is 10.1 Å². The van der Waals surface area contributed by atoms with Crippen molar-refractivity contribution in [2.24, 2.45) is 0 Å². The molecule has 3 amide bonds. The Labute approximate surface area is 182 Å². The minimum atomic E-state index is -4.69. The number of amides is 3. The summed E-state index contributed by atoms with van der Waals surface area (Å²) in [6.45, 7) is 5.16. The summed E-state index contributed by atoms with van der Waals surface area (Å²) in [7, 11) is 0. The Morgan fingerprint density at radius 1 is 1.06 bits per heavy atom. The second-order valence-electron chi connectivity index (χ2n) is 7.23. The maximum atomic E-state index is 13.6. The van der Waals surface area contributed by atoms with Gasteiger partial charge in [-0.25, -0.2) is 0 Å². The van der Waals surface area contributed by atoms with Gasteiger partial charge in [0.1, 0.15) is 6.04 Å². The van der Waals surface area contributed by atoms with Crippen LogP contribution in [0.1, 0.15) is 53.5 Å². The molecule has 1 aliphatic rings. The van der Waals surface area contributed by atoms with E-state index in [1.807, 2.05) is 13.8 Å². The first kappa shape index (κ1) is 22.9. The molecule has 2 atom stereocenters. The standard InChI is InChI=1S/C22H21F3N2O3S/c1-4-12(2)31-14-9-10-18(17(11-14)22(23,24)25)26-19(28)13(3)27-20(29)15-7-5-6-8-16(15)21(27)30/h5-13H,4H2,1-3H3,(H,26,28). The second-order valence-corrected chi connectivity index (χ2v) is 8.74. The summed E-state index contributed by atoms with van der Waals surface area (Å²) in [6, 6.07) is 8.53. The summed E-state index contributed by atoms with van der Waals surface area (Å²) in [5.41, 5.74) is -1.08. The highest BCUT2D eigenvalue weighted by Crippen LogP contribution is 2.38. The highest BCUT2D eigenvalue weighted by molar-refractivity contribution is 7.99. The molecule has 0 saturated carbocycles. The fourth-order valence-electron chi connectivity index (χ4n) is 3.17. The Morgan fingerprint density at radius 2 is 1.65 bits per heavy atom. The molecule has 0 aliphatic carbocycles. The molecule has 2 aromatic rings. The smallest absolute Gasteiger partial charge is 0.324 e. The summed E-state index contributed by atoms with van der Waals surface area (Å²) < 4.78 is 40.9. The number of nitrogens with one attached hydrogen (secondary N) is 1. The topological polar surface area (TPSA) is 66.5 Å². The molecular weight excluding hydrogens is 429 g/mol. The van der Waals surface area contributed by atoms with Gasteiger partial charge in [-0.2, -0.15) is 13.2 Å². The van der Waals surface area contributed by atoms with Crippen LogP contribution in [0.15, 0.2) is 47.4 Å². The molecule has 164 valence electrons. The molecule has 1 aliphatic heterocycles. The zero-order valence-corrected chi connectivity index (χ0v) is 17.9. The molecule has 1 N–H and O–H groups in total. The largest absolute Gasteiger partial charge is 0.418 e. The van der Waals surface area contributed by atoms with Gasteiger partial charge in [-0.05, 0) is 43.7 Å². The summed E-state index contributed by atoms with van der Waals surface area (Å²) in [5.74, 6) is -2.19. The number of imide groups is 1.